The maximum absolute atomic E-state index is 12.6. The third-order valence-electron chi connectivity index (χ3n) is 5.20. The molecule has 2 N–H and O–H groups in total. The molecule has 1 saturated heterocycles. The molecule has 170 valence electrons. The van der Waals surface area contributed by atoms with Crippen LogP contribution in [0.2, 0.25) is 5.02 Å². The van der Waals surface area contributed by atoms with Gasteiger partial charge in [0.25, 0.3) is 5.91 Å². The number of benzene rings is 2. The molecule has 1 heterocycles. The summed E-state index contributed by atoms with van der Waals surface area (Å²) in [6, 6.07) is 12.3. The van der Waals surface area contributed by atoms with E-state index in [4.69, 9.17) is 28.6 Å². The van der Waals surface area contributed by atoms with E-state index in [1.54, 1.807) is 37.4 Å². The van der Waals surface area contributed by atoms with Crippen LogP contribution in [0.1, 0.15) is 30.1 Å². The second kappa shape index (κ2) is 11.2. The first-order valence-corrected chi connectivity index (χ1v) is 11.3. The van der Waals surface area contributed by atoms with Crippen molar-refractivity contribution in [3.63, 3.8) is 0 Å². The molecule has 9 heteroatoms. The molecule has 1 aliphatic rings. The van der Waals surface area contributed by atoms with E-state index in [0.717, 1.165) is 12.1 Å². The Labute approximate surface area is 198 Å². The number of piperazine rings is 1. The Bertz CT molecular complexity index is 993. The zero-order valence-electron chi connectivity index (χ0n) is 18.2. The summed E-state index contributed by atoms with van der Waals surface area (Å²) >= 11 is 11.6. The van der Waals surface area contributed by atoms with E-state index in [9.17, 15) is 9.59 Å². The van der Waals surface area contributed by atoms with Crippen molar-refractivity contribution in [2.75, 3.05) is 43.5 Å². The minimum atomic E-state index is -0.340. The molecule has 0 saturated carbocycles. The van der Waals surface area contributed by atoms with E-state index in [0.29, 0.717) is 54.6 Å². The lowest BCUT2D eigenvalue weighted by atomic mass is 10.2. The second-order valence-corrected chi connectivity index (χ2v) is 8.26. The van der Waals surface area contributed by atoms with Crippen LogP contribution in [0.15, 0.2) is 42.5 Å². The molecule has 0 unspecified atom stereocenters. The first-order valence-electron chi connectivity index (χ1n) is 10.5. The molecule has 0 aliphatic carbocycles. The van der Waals surface area contributed by atoms with Crippen molar-refractivity contribution in [3.8, 4) is 5.75 Å². The van der Waals surface area contributed by atoms with Crippen LogP contribution in [-0.4, -0.2) is 55.1 Å². The number of methoxy groups -OCH3 is 1. The third-order valence-corrected chi connectivity index (χ3v) is 5.64. The van der Waals surface area contributed by atoms with Crippen molar-refractivity contribution < 1.29 is 14.3 Å². The zero-order valence-corrected chi connectivity index (χ0v) is 19.8. The molecule has 0 radical (unpaired) electrons. The van der Waals surface area contributed by atoms with E-state index in [-0.39, 0.29) is 16.9 Å². The molecule has 2 amide bonds. The fourth-order valence-electron chi connectivity index (χ4n) is 3.55. The number of hydrogen-bond acceptors (Lipinski definition) is 5. The summed E-state index contributed by atoms with van der Waals surface area (Å²) in [5, 5.41) is 6.50. The maximum Gasteiger partial charge on any atom is 0.257 e. The van der Waals surface area contributed by atoms with Gasteiger partial charge in [0.15, 0.2) is 5.11 Å². The molecule has 2 aromatic carbocycles. The van der Waals surface area contributed by atoms with Crippen LogP contribution in [0.25, 0.3) is 0 Å². The van der Waals surface area contributed by atoms with Gasteiger partial charge in [-0.1, -0.05) is 24.6 Å². The highest BCUT2D eigenvalue weighted by Crippen LogP contribution is 2.30. The number of nitrogens with one attached hydrogen (secondary N) is 2. The molecule has 3 rings (SSSR count). The largest absolute Gasteiger partial charge is 0.497 e. The molecule has 2 aromatic rings. The van der Waals surface area contributed by atoms with Crippen molar-refractivity contribution in [3.05, 3.63) is 53.1 Å². The monoisotopic (exact) mass is 474 g/mol. The number of ether oxygens (including phenoxy) is 1. The summed E-state index contributed by atoms with van der Waals surface area (Å²) in [5.74, 6) is 0.446. The SMILES string of the molecule is CCCC(=O)N1CCN(c2ccc(Cl)cc2NC(=S)NC(=O)c2cccc(OC)c2)CC1. The van der Waals surface area contributed by atoms with Gasteiger partial charge in [-0.05, 0) is 55.0 Å². The van der Waals surface area contributed by atoms with Crippen molar-refractivity contribution in [2.24, 2.45) is 0 Å². The highest BCUT2D eigenvalue weighted by Gasteiger charge is 2.22. The highest BCUT2D eigenvalue weighted by atomic mass is 35.5. The van der Waals surface area contributed by atoms with Gasteiger partial charge >= 0.3 is 0 Å². The Morgan fingerprint density at radius 2 is 1.88 bits per heavy atom. The van der Waals surface area contributed by atoms with Gasteiger partial charge in [0.05, 0.1) is 18.5 Å². The second-order valence-electron chi connectivity index (χ2n) is 7.42. The summed E-state index contributed by atoms with van der Waals surface area (Å²) in [6.07, 6.45) is 1.43. The maximum atomic E-state index is 12.6. The number of amides is 2. The van der Waals surface area contributed by atoms with Crippen LogP contribution in [0.3, 0.4) is 0 Å². The smallest absolute Gasteiger partial charge is 0.257 e. The average molecular weight is 475 g/mol. The first-order chi connectivity index (χ1) is 15.4. The van der Waals surface area contributed by atoms with Gasteiger partial charge in [0, 0.05) is 43.2 Å². The average Bonchev–Trinajstić information content (AvgIpc) is 2.79. The predicted molar refractivity (Wildman–Crippen MR) is 132 cm³/mol. The Balaban J connectivity index is 1.67. The van der Waals surface area contributed by atoms with E-state index in [1.807, 2.05) is 24.0 Å². The van der Waals surface area contributed by atoms with Gasteiger partial charge in [-0.25, -0.2) is 0 Å². The van der Waals surface area contributed by atoms with E-state index < -0.39 is 0 Å². The van der Waals surface area contributed by atoms with Gasteiger partial charge in [-0.2, -0.15) is 0 Å². The van der Waals surface area contributed by atoms with Crippen LogP contribution in [0.5, 0.6) is 5.75 Å². The number of carbonyl (C=O) groups excluding carboxylic acids is 2. The summed E-state index contributed by atoms with van der Waals surface area (Å²) in [4.78, 5) is 28.8. The molecule has 1 aliphatic heterocycles. The highest BCUT2D eigenvalue weighted by molar-refractivity contribution is 7.80. The summed E-state index contributed by atoms with van der Waals surface area (Å²) < 4.78 is 5.16. The summed E-state index contributed by atoms with van der Waals surface area (Å²) in [6.45, 7) is 4.75. The van der Waals surface area contributed by atoms with E-state index in [2.05, 4.69) is 15.5 Å². The lowest BCUT2D eigenvalue weighted by Crippen LogP contribution is -2.49. The summed E-state index contributed by atoms with van der Waals surface area (Å²) in [7, 11) is 1.55. The van der Waals surface area contributed by atoms with Gasteiger partial charge in [-0.15, -0.1) is 0 Å². The standard InChI is InChI=1S/C23H27ClN4O3S/c1-3-5-21(29)28-12-10-27(11-13-28)20-9-8-17(24)15-19(20)25-23(32)26-22(30)16-6-4-7-18(14-16)31-2/h4,6-9,14-15H,3,5,10-13H2,1-2H3,(H2,25,26,30,32). The minimum Gasteiger partial charge on any atom is -0.497 e. The molecule has 0 atom stereocenters. The number of nitrogens with zero attached hydrogens (tertiary/aromatic N) is 2. The fourth-order valence-corrected chi connectivity index (χ4v) is 3.92. The summed E-state index contributed by atoms with van der Waals surface area (Å²) in [5.41, 5.74) is 2.05. The molecular formula is C23H27ClN4O3S. The zero-order chi connectivity index (χ0) is 23.1. The molecule has 0 aromatic heterocycles. The van der Waals surface area contributed by atoms with Gasteiger partial charge in [0.2, 0.25) is 5.91 Å². The van der Waals surface area contributed by atoms with Gasteiger partial charge in [-0.3, -0.25) is 14.9 Å². The molecule has 32 heavy (non-hydrogen) atoms. The Morgan fingerprint density at radius 3 is 2.56 bits per heavy atom. The van der Waals surface area contributed by atoms with Gasteiger partial charge < -0.3 is 19.9 Å². The Morgan fingerprint density at radius 1 is 1.12 bits per heavy atom. The first kappa shape index (κ1) is 23.8. The number of thiocarbonyl (C=S) groups is 1. The van der Waals surface area contributed by atoms with Crippen molar-refractivity contribution in [2.45, 2.75) is 19.8 Å². The van der Waals surface area contributed by atoms with Crippen LogP contribution in [-0.2, 0) is 4.79 Å². The molecule has 0 spiro atoms. The van der Waals surface area contributed by atoms with Crippen LogP contribution < -0.4 is 20.3 Å². The normalized spacial score (nSPS) is 13.5. The van der Waals surface area contributed by atoms with E-state index in [1.165, 1.54) is 0 Å². The van der Waals surface area contributed by atoms with Crippen LogP contribution in [0.4, 0.5) is 11.4 Å². The number of halogens is 1. The Hall–Kier alpha value is -2.84. The topological polar surface area (TPSA) is 73.9 Å². The molecular weight excluding hydrogens is 448 g/mol. The minimum absolute atomic E-state index is 0.165. The number of hydrogen-bond donors (Lipinski definition) is 2. The van der Waals surface area contributed by atoms with E-state index >= 15 is 0 Å². The van der Waals surface area contributed by atoms with Crippen molar-refractivity contribution in [1.82, 2.24) is 10.2 Å². The predicted octanol–water partition coefficient (Wildman–Crippen LogP) is 3.92. The van der Waals surface area contributed by atoms with Gasteiger partial charge in [0.1, 0.15) is 5.75 Å². The fraction of sp³-hybridized carbons (Fsp3) is 0.348. The molecule has 7 nitrogen and oxygen atoms in total. The lowest BCUT2D eigenvalue weighted by Gasteiger charge is -2.37. The Kier molecular flexibility index (Phi) is 8.30. The van der Waals surface area contributed by atoms with Crippen LogP contribution in [0, 0.1) is 0 Å². The third kappa shape index (κ3) is 6.11. The van der Waals surface area contributed by atoms with Crippen molar-refractivity contribution >= 4 is 52.1 Å². The number of carbonyl (C=O) groups is 2. The van der Waals surface area contributed by atoms with Crippen LogP contribution >= 0.6 is 23.8 Å². The quantitative estimate of drug-likeness (QED) is 0.618. The van der Waals surface area contributed by atoms with Crippen molar-refractivity contribution in [1.29, 1.82) is 0 Å². The number of rotatable bonds is 6. The molecule has 0 bridgehead atoms. The molecule has 1 fully saturated rings. The lowest BCUT2D eigenvalue weighted by molar-refractivity contribution is -0.131. The number of anilines is 2.